The van der Waals surface area contributed by atoms with Crippen molar-refractivity contribution < 1.29 is 14.2 Å². The minimum atomic E-state index is -0.970. The zero-order chi connectivity index (χ0) is 11.7. The van der Waals surface area contributed by atoms with Gasteiger partial charge in [-0.15, -0.1) is 0 Å². The summed E-state index contributed by atoms with van der Waals surface area (Å²) in [6.45, 7) is 0.505. The number of hydrogen-bond acceptors (Lipinski definition) is 3. The Bertz CT molecular complexity index is 437. The summed E-state index contributed by atoms with van der Waals surface area (Å²) in [5.74, 6) is -0.386. The number of halogens is 3. The van der Waals surface area contributed by atoms with Crippen LogP contribution in [-0.4, -0.2) is 23.5 Å². The Morgan fingerprint density at radius 2 is 2.38 bits per heavy atom. The molecule has 1 heterocycles. The van der Waals surface area contributed by atoms with Crippen molar-refractivity contribution in [2.75, 3.05) is 6.61 Å². The molecule has 1 N–H and O–H groups in total. The Morgan fingerprint density at radius 1 is 1.69 bits per heavy atom. The van der Waals surface area contributed by atoms with Crippen LogP contribution >= 0.6 is 27.7 Å². The molecule has 86 valence electrons. The lowest BCUT2D eigenvalue weighted by atomic mass is 10.0. The van der Waals surface area contributed by atoms with Gasteiger partial charge in [-0.3, -0.25) is 0 Å². The molecule has 1 fully saturated rings. The molecule has 2 atom stereocenters. The minimum Gasteiger partial charge on any atom is -0.382 e. The summed E-state index contributed by atoms with van der Waals surface area (Å²) >= 11 is 8.43. The second-order valence-electron chi connectivity index (χ2n) is 3.41. The molecule has 6 heteroatoms. The zero-order valence-electron chi connectivity index (χ0n) is 8.03. The quantitative estimate of drug-likeness (QED) is 0.689. The first-order chi connectivity index (χ1) is 7.63. The summed E-state index contributed by atoms with van der Waals surface area (Å²) in [7, 11) is 0. The van der Waals surface area contributed by atoms with Crippen LogP contribution in [0.1, 0.15) is 11.7 Å². The molecule has 3 nitrogen and oxygen atoms in total. The smallest absolute Gasteiger partial charge is 0.137 e. The maximum atomic E-state index is 13.0. The SMILES string of the molecule is OC(/C(=N/Cl)C1CO1)c1ccc(F)c(Br)c1. The molecule has 0 radical (unpaired) electrons. The van der Waals surface area contributed by atoms with Crippen molar-refractivity contribution in [3.8, 4) is 0 Å². The van der Waals surface area contributed by atoms with Gasteiger partial charge in [0.1, 0.15) is 18.0 Å². The summed E-state index contributed by atoms with van der Waals surface area (Å²) in [5, 5.41) is 9.97. The average Bonchev–Trinajstić information content (AvgIpc) is 3.07. The Morgan fingerprint density at radius 3 is 2.88 bits per heavy atom. The van der Waals surface area contributed by atoms with E-state index in [9.17, 15) is 9.50 Å². The number of hydrogen-bond donors (Lipinski definition) is 1. The van der Waals surface area contributed by atoms with Gasteiger partial charge in [0.15, 0.2) is 0 Å². The van der Waals surface area contributed by atoms with Gasteiger partial charge in [0.2, 0.25) is 0 Å². The highest BCUT2D eigenvalue weighted by Gasteiger charge is 2.34. The molecular formula is C10H8BrClFNO2. The normalized spacial score (nSPS) is 22.0. The molecule has 0 aliphatic carbocycles. The van der Waals surface area contributed by atoms with Crippen LogP contribution in [-0.2, 0) is 4.74 Å². The average molecular weight is 309 g/mol. The highest BCUT2D eigenvalue weighted by molar-refractivity contribution is 9.10. The molecule has 1 aromatic carbocycles. The number of aliphatic hydroxyl groups excluding tert-OH is 1. The number of epoxide rings is 1. The highest BCUT2D eigenvalue weighted by Crippen LogP contribution is 2.27. The lowest BCUT2D eigenvalue weighted by Gasteiger charge is -2.11. The fourth-order valence-corrected chi connectivity index (χ4v) is 1.95. The molecule has 1 aliphatic heterocycles. The fourth-order valence-electron chi connectivity index (χ4n) is 1.35. The van der Waals surface area contributed by atoms with E-state index < -0.39 is 6.10 Å². The van der Waals surface area contributed by atoms with Gasteiger partial charge in [-0.1, -0.05) is 6.07 Å². The molecule has 16 heavy (non-hydrogen) atoms. The third kappa shape index (κ3) is 2.43. The third-order valence-corrected chi connectivity index (χ3v) is 3.10. The minimum absolute atomic E-state index is 0.226. The van der Waals surface area contributed by atoms with E-state index in [-0.39, 0.29) is 16.4 Å². The summed E-state index contributed by atoms with van der Waals surface area (Å²) in [5.41, 5.74) is 0.864. The monoisotopic (exact) mass is 307 g/mol. The van der Waals surface area contributed by atoms with Crippen LogP contribution in [0.5, 0.6) is 0 Å². The number of rotatable bonds is 3. The molecule has 2 unspecified atom stereocenters. The maximum Gasteiger partial charge on any atom is 0.137 e. The van der Waals surface area contributed by atoms with Gasteiger partial charge in [-0.25, -0.2) is 4.39 Å². The van der Waals surface area contributed by atoms with Crippen molar-refractivity contribution >= 4 is 33.4 Å². The summed E-state index contributed by atoms with van der Waals surface area (Å²) < 4.78 is 21.8. The first-order valence-electron chi connectivity index (χ1n) is 4.57. The molecule has 1 saturated heterocycles. The van der Waals surface area contributed by atoms with Crippen molar-refractivity contribution in [1.82, 2.24) is 0 Å². The van der Waals surface area contributed by atoms with Gasteiger partial charge in [0.05, 0.1) is 16.8 Å². The molecule has 1 aliphatic rings. The van der Waals surface area contributed by atoms with Crippen LogP contribution < -0.4 is 0 Å². The third-order valence-electron chi connectivity index (χ3n) is 2.30. The van der Waals surface area contributed by atoms with E-state index in [2.05, 4.69) is 20.4 Å². The first kappa shape index (κ1) is 12.0. The summed E-state index contributed by atoms with van der Waals surface area (Å²) in [6, 6.07) is 4.24. The first-order valence-corrected chi connectivity index (χ1v) is 5.70. The van der Waals surface area contributed by atoms with Crippen molar-refractivity contribution in [3.63, 3.8) is 0 Å². The van der Waals surface area contributed by atoms with Crippen LogP contribution in [0, 0.1) is 5.82 Å². The molecule has 1 aromatic rings. The van der Waals surface area contributed by atoms with Gasteiger partial charge in [0.25, 0.3) is 0 Å². The molecule has 0 bridgehead atoms. The Kier molecular flexibility index (Phi) is 3.59. The van der Waals surface area contributed by atoms with E-state index in [1.807, 2.05) is 0 Å². The lowest BCUT2D eigenvalue weighted by molar-refractivity contribution is 0.241. The second kappa shape index (κ2) is 4.79. The summed E-state index contributed by atoms with van der Waals surface area (Å²) in [4.78, 5) is 0. The van der Waals surface area contributed by atoms with Crippen LogP contribution in [0.3, 0.4) is 0 Å². The van der Waals surface area contributed by atoms with Crippen LogP contribution in [0.2, 0.25) is 0 Å². The van der Waals surface area contributed by atoms with Crippen LogP contribution in [0.25, 0.3) is 0 Å². The number of ether oxygens (including phenoxy) is 1. The molecular weight excluding hydrogens is 300 g/mol. The topological polar surface area (TPSA) is 45.1 Å². The molecule has 0 amide bonds. The predicted octanol–water partition coefficient (Wildman–Crippen LogP) is 2.62. The van der Waals surface area contributed by atoms with E-state index >= 15 is 0 Å². The van der Waals surface area contributed by atoms with Gasteiger partial charge >= 0.3 is 0 Å². The van der Waals surface area contributed by atoms with Crippen molar-refractivity contribution in [2.45, 2.75) is 12.2 Å². The van der Waals surface area contributed by atoms with E-state index in [1.54, 1.807) is 0 Å². The molecule has 2 rings (SSSR count). The van der Waals surface area contributed by atoms with Gasteiger partial charge in [-0.2, -0.15) is 4.51 Å². The van der Waals surface area contributed by atoms with E-state index in [0.717, 1.165) is 0 Å². The van der Waals surface area contributed by atoms with Gasteiger partial charge in [-0.05, 0) is 33.6 Å². The maximum absolute atomic E-state index is 13.0. The summed E-state index contributed by atoms with van der Waals surface area (Å²) in [6.07, 6.45) is -1.20. The van der Waals surface area contributed by atoms with E-state index in [4.69, 9.17) is 16.5 Å². The predicted molar refractivity (Wildman–Crippen MR) is 62.1 cm³/mol. The Balaban J connectivity index is 2.25. The second-order valence-corrected chi connectivity index (χ2v) is 4.43. The zero-order valence-corrected chi connectivity index (χ0v) is 10.4. The number of benzene rings is 1. The molecule has 0 spiro atoms. The van der Waals surface area contributed by atoms with Crippen molar-refractivity contribution in [2.24, 2.45) is 4.51 Å². The van der Waals surface area contributed by atoms with E-state index in [1.165, 1.54) is 18.2 Å². The van der Waals surface area contributed by atoms with Crippen LogP contribution in [0.15, 0.2) is 27.2 Å². The molecule has 0 aromatic heterocycles. The van der Waals surface area contributed by atoms with Crippen LogP contribution in [0.4, 0.5) is 4.39 Å². The molecule has 0 saturated carbocycles. The van der Waals surface area contributed by atoms with E-state index in [0.29, 0.717) is 17.9 Å². The van der Waals surface area contributed by atoms with Crippen molar-refractivity contribution in [3.05, 3.63) is 34.1 Å². The highest BCUT2D eigenvalue weighted by atomic mass is 79.9. The number of nitrogens with zero attached hydrogens (tertiary/aromatic N) is 1. The largest absolute Gasteiger partial charge is 0.382 e. The lowest BCUT2D eigenvalue weighted by Crippen LogP contribution is -2.17. The number of aliphatic hydroxyl groups is 1. The van der Waals surface area contributed by atoms with Gasteiger partial charge < -0.3 is 9.84 Å². The Hall–Kier alpha value is -0.490. The Labute approximate surface area is 105 Å². The van der Waals surface area contributed by atoms with Crippen molar-refractivity contribution in [1.29, 1.82) is 0 Å². The standard InChI is InChI=1S/C10H8BrClFNO2/c11-6-3-5(1-2-7(6)13)10(15)9(14-12)8-4-16-8/h1-3,8,10,15H,4H2/b14-9+. The fraction of sp³-hybridized carbons (Fsp3) is 0.300. The van der Waals surface area contributed by atoms with Gasteiger partial charge in [0, 0.05) is 11.8 Å².